The third-order valence-electron chi connectivity index (χ3n) is 4.70. The van der Waals surface area contributed by atoms with Crippen molar-refractivity contribution in [2.45, 2.75) is 34.2 Å². The smallest absolute Gasteiger partial charge is 0.279 e. The van der Waals surface area contributed by atoms with Crippen LogP contribution in [0.15, 0.2) is 41.4 Å². The van der Waals surface area contributed by atoms with Crippen LogP contribution in [-0.4, -0.2) is 29.5 Å². The minimum absolute atomic E-state index is 0.0278. The first-order valence-electron chi connectivity index (χ1n) is 9.29. The van der Waals surface area contributed by atoms with E-state index in [0.29, 0.717) is 35.7 Å². The first-order valence-corrected chi connectivity index (χ1v) is 10.1. The van der Waals surface area contributed by atoms with E-state index < -0.39 is 0 Å². The topological polar surface area (TPSA) is 60.7 Å². The Hall–Kier alpha value is -2.57. The van der Waals surface area contributed by atoms with Crippen LogP contribution in [0.5, 0.6) is 0 Å². The van der Waals surface area contributed by atoms with Gasteiger partial charge in [-0.25, -0.2) is 0 Å². The molecule has 146 valence electrons. The molecule has 0 aliphatic carbocycles. The lowest BCUT2D eigenvalue weighted by Crippen LogP contribution is -2.19. The van der Waals surface area contributed by atoms with Gasteiger partial charge < -0.3 is 9.30 Å². The van der Waals surface area contributed by atoms with Crippen LogP contribution in [0.25, 0.3) is 10.2 Å². The molecule has 0 atom stereocenters. The van der Waals surface area contributed by atoms with E-state index >= 15 is 0 Å². The lowest BCUT2D eigenvalue weighted by Gasteiger charge is -2.07. The minimum Gasteiger partial charge on any atom is -0.380 e. The third-order valence-corrected chi connectivity index (χ3v) is 5.74. The van der Waals surface area contributed by atoms with Crippen LogP contribution in [-0.2, 0) is 11.3 Å². The third kappa shape index (κ3) is 4.29. The van der Waals surface area contributed by atoms with E-state index in [4.69, 9.17) is 4.74 Å². The number of amides is 1. The quantitative estimate of drug-likeness (QED) is 0.461. The monoisotopic (exact) mass is 396 g/mol. The molecule has 1 amide bonds. The molecule has 1 aromatic heterocycles. The predicted molar refractivity (Wildman–Crippen MR) is 112 cm³/mol. The molecule has 0 bridgehead atoms. The zero-order chi connectivity index (χ0) is 20.3. The van der Waals surface area contributed by atoms with E-state index in [-0.39, 0.29) is 11.7 Å². The maximum Gasteiger partial charge on any atom is 0.279 e. The van der Waals surface area contributed by atoms with Crippen molar-refractivity contribution < 1.29 is 14.3 Å². The van der Waals surface area contributed by atoms with Gasteiger partial charge in [0, 0.05) is 24.3 Å². The van der Waals surface area contributed by atoms with Crippen LogP contribution >= 0.6 is 11.3 Å². The lowest BCUT2D eigenvalue weighted by atomic mass is 10.1. The van der Waals surface area contributed by atoms with E-state index in [0.717, 1.165) is 10.2 Å². The number of carbonyl (C=O) groups is 2. The Morgan fingerprint density at radius 1 is 1.07 bits per heavy atom. The molecule has 28 heavy (non-hydrogen) atoms. The molecule has 1 heterocycles. The highest BCUT2D eigenvalue weighted by Crippen LogP contribution is 2.22. The van der Waals surface area contributed by atoms with Crippen LogP contribution in [0.2, 0.25) is 0 Å². The number of ketones is 1. The van der Waals surface area contributed by atoms with Crippen molar-refractivity contribution in [3.8, 4) is 0 Å². The van der Waals surface area contributed by atoms with Crippen LogP contribution in [0.1, 0.15) is 45.7 Å². The van der Waals surface area contributed by atoms with Gasteiger partial charge >= 0.3 is 0 Å². The summed E-state index contributed by atoms with van der Waals surface area (Å²) in [6.07, 6.45) is 0. The van der Waals surface area contributed by atoms with E-state index in [2.05, 4.69) is 31.0 Å². The highest BCUT2D eigenvalue weighted by molar-refractivity contribution is 7.16. The largest absolute Gasteiger partial charge is 0.380 e. The lowest BCUT2D eigenvalue weighted by molar-refractivity contribution is 0.0990. The number of carbonyl (C=O) groups excluding carboxylic acids is 2. The van der Waals surface area contributed by atoms with Gasteiger partial charge in [-0.2, -0.15) is 4.99 Å². The number of hydrogen-bond acceptors (Lipinski definition) is 4. The second-order valence-electron chi connectivity index (χ2n) is 6.69. The normalized spacial score (nSPS) is 11.9. The van der Waals surface area contributed by atoms with Crippen molar-refractivity contribution in [1.82, 2.24) is 4.57 Å². The van der Waals surface area contributed by atoms with Crippen molar-refractivity contribution in [3.63, 3.8) is 0 Å². The Balaban J connectivity index is 2.05. The number of nitrogens with zero attached hydrogens (tertiary/aromatic N) is 2. The number of ether oxygens (including phenoxy) is 1. The van der Waals surface area contributed by atoms with Crippen LogP contribution in [0.3, 0.4) is 0 Å². The zero-order valence-electron chi connectivity index (χ0n) is 16.6. The number of rotatable bonds is 6. The van der Waals surface area contributed by atoms with Crippen molar-refractivity contribution in [1.29, 1.82) is 0 Å². The minimum atomic E-state index is -0.319. The van der Waals surface area contributed by atoms with Crippen LogP contribution < -0.4 is 4.80 Å². The van der Waals surface area contributed by atoms with Crippen LogP contribution in [0, 0.1) is 13.8 Å². The average Bonchev–Trinajstić information content (AvgIpc) is 2.98. The molecule has 0 unspecified atom stereocenters. The average molecular weight is 397 g/mol. The molecule has 2 aromatic carbocycles. The molecule has 5 nitrogen and oxygen atoms in total. The van der Waals surface area contributed by atoms with Gasteiger partial charge in [0.05, 0.1) is 16.8 Å². The Kier molecular flexibility index (Phi) is 6.21. The van der Waals surface area contributed by atoms with Crippen molar-refractivity contribution >= 4 is 33.2 Å². The second-order valence-corrected chi connectivity index (χ2v) is 7.70. The highest BCUT2D eigenvalue weighted by Gasteiger charge is 2.11. The number of aryl methyl sites for hydroxylation is 2. The van der Waals surface area contributed by atoms with Gasteiger partial charge in [0.2, 0.25) is 0 Å². The van der Waals surface area contributed by atoms with Gasteiger partial charge in [0.25, 0.3) is 5.91 Å². The highest BCUT2D eigenvalue weighted by atomic mass is 32.1. The number of thiazole rings is 1. The molecule has 0 aliphatic heterocycles. The summed E-state index contributed by atoms with van der Waals surface area (Å²) in [6.45, 7) is 9.47. The number of Topliss-reactive ketones (excluding diaryl/α,β-unsaturated/α-hetero) is 1. The van der Waals surface area contributed by atoms with Gasteiger partial charge in [-0.3, -0.25) is 9.59 Å². The van der Waals surface area contributed by atoms with Gasteiger partial charge in [-0.1, -0.05) is 23.5 Å². The molecule has 6 heteroatoms. The van der Waals surface area contributed by atoms with Crippen molar-refractivity contribution in [2.24, 2.45) is 4.99 Å². The summed E-state index contributed by atoms with van der Waals surface area (Å²) in [6, 6.07) is 10.9. The molecule has 3 aromatic rings. The summed E-state index contributed by atoms with van der Waals surface area (Å²) in [5, 5.41) is 0. The standard InChI is InChI=1S/C22H24N2O3S/c1-5-27-11-10-24-19-12-14(2)15(3)13-20(19)28-22(24)23-21(26)18-8-6-17(7-9-18)16(4)25/h6-9,12-13H,5,10-11H2,1-4H3. The molecular formula is C22H24N2O3S. The van der Waals surface area contributed by atoms with E-state index in [1.165, 1.54) is 29.4 Å². The Bertz CT molecular complexity index is 1090. The molecule has 0 N–H and O–H groups in total. The van der Waals surface area contributed by atoms with Crippen molar-refractivity contribution in [2.75, 3.05) is 13.2 Å². The Morgan fingerprint density at radius 2 is 1.71 bits per heavy atom. The SMILES string of the molecule is CCOCCn1c(=NC(=O)c2ccc(C(C)=O)cc2)sc2cc(C)c(C)cc21. The number of aromatic nitrogens is 1. The molecule has 0 aliphatic rings. The van der Waals surface area contributed by atoms with Crippen LogP contribution in [0.4, 0.5) is 0 Å². The first kappa shape index (κ1) is 20.2. The summed E-state index contributed by atoms with van der Waals surface area (Å²) in [4.78, 5) is 29.2. The zero-order valence-corrected chi connectivity index (χ0v) is 17.4. The maximum absolute atomic E-state index is 12.7. The maximum atomic E-state index is 12.7. The van der Waals surface area contributed by atoms with Gasteiger partial charge in [0.1, 0.15) is 0 Å². The Labute approximate surface area is 168 Å². The second kappa shape index (κ2) is 8.63. The van der Waals surface area contributed by atoms with E-state index in [9.17, 15) is 9.59 Å². The molecule has 3 rings (SSSR count). The molecule has 0 fully saturated rings. The molecule has 0 spiro atoms. The van der Waals surface area contributed by atoms with Gasteiger partial charge in [-0.05, 0) is 63.1 Å². The molecule has 0 saturated carbocycles. The summed E-state index contributed by atoms with van der Waals surface area (Å²) < 4.78 is 8.66. The van der Waals surface area contributed by atoms with Gasteiger partial charge in [-0.15, -0.1) is 0 Å². The summed E-state index contributed by atoms with van der Waals surface area (Å²) in [5.41, 5.74) is 4.52. The predicted octanol–water partition coefficient (Wildman–Crippen LogP) is 4.30. The number of hydrogen-bond donors (Lipinski definition) is 0. The first-order chi connectivity index (χ1) is 13.4. The number of fused-ring (bicyclic) bond motifs is 1. The fraction of sp³-hybridized carbons (Fsp3) is 0.318. The number of benzene rings is 2. The van der Waals surface area contributed by atoms with Crippen molar-refractivity contribution in [3.05, 3.63) is 63.5 Å². The summed E-state index contributed by atoms with van der Waals surface area (Å²) in [5.74, 6) is -0.347. The van der Waals surface area contributed by atoms with E-state index in [1.807, 2.05) is 11.5 Å². The summed E-state index contributed by atoms with van der Waals surface area (Å²) >= 11 is 1.50. The fourth-order valence-electron chi connectivity index (χ4n) is 2.92. The van der Waals surface area contributed by atoms with E-state index in [1.54, 1.807) is 24.3 Å². The molecule has 0 saturated heterocycles. The summed E-state index contributed by atoms with van der Waals surface area (Å²) in [7, 11) is 0. The molecule has 0 radical (unpaired) electrons. The molecular weight excluding hydrogens is 372 g/mol. The fourth-order valence-corrected chi connectivity index (χ4v) is 4.06. The Morgan fingerprint density at radius 3 is 2.36 bits per heavy atom. The van der Waals surface area contributed by atoms with Gasteiger partial charge in [0.15, 0.2) is 10.6 Å².